The molecule has 9 heteroatoms. The van der Waals surface area contributed by atoms with Crippen molar-refractivity contribution in [3.8, 4) is 0 Å². The van der Waals surface area contributed by atoms with E-state index in [4.69, 9.17) is 4.74 Å². The number of sulfone groups is 1. The second-order valence-corrected chi connectivity index (χ2v) is 13.3. The molecule has 0 aromatic heterocycles. The van der Waals surface area contributed by atoms with Gasteiger partial charge in [-0.15, -0.1) is 0 Å². The van der Waals surface area contributed by atoms with E-state index < -0.39 is 9.84 Å². The number of ether oxygens (including phenoxy) is 1. The molecule has 210 valence electrons. The quantitative estimate of drug-likeness (QED) is 0.512. The fourth-order valence-electron chi connectivity index (χ4n) is 6.14. The van der Waals surface area contributed by atoms with Gasteiger partial charge in [0.2, 0.25) is 11.8 Å². The van der Waals surface area contributed by atoms with Crippen molar-refractivity contribution in [1.29, 1.82) is 0 Å². The second-order valence-electron chi connectivity index (χ2n) is 11.3. The predicted octanol–water partition coefficient (Wildman–Crippen LogP) is 3.33. The molecule has 2 aromatic rings. The minimum absolute atomic E-state index is 0.0263. The topological polar surface area (TPSA) is 96.0 Å². The highest BCUT2D eigenvalue weighted by Crippen LogP contribution is 2.42. The van der Waals surface area contributed by atoms with Crippen molar-refractivity contribution in [2.24, 2.45) is 5.41 Å². The van der Waals surface area contributed by atoms with E-state index in [2.05, 4.69) is 22.3 Å². The molecule has 1 spiro atoms. The molecule has 8 nitrogen and oxygen atoms in total. The van der Waals surface area contributed by atoms with E-state index in [1.165, 1.54) is 6.26 Å². The first-order valence-electron chi connectivity index (χ1n) is 14.0. The molecule has 39 heavy (non-hydrogen) atoms. The van der Waals surface area contributed by atoms with Gasteiger partial charge in [-0.3, -0.25) is 9.59 Å². The summed E-state index contributed by atoms with van der Waals surface area (Å²) in [6.07, 6.45) is 5.91. The number of nitrogens with zero attached hydrogens (tertiary/aromatic N) is 2. The second kappa shape index (κ2) is 11.8. The molecule has 2 atom stereocenters. The van der Waals surface area contributed by atoms with E-state index in [9.17, 15) is 18.0 Å². The molecule has 0 aliphatic carbocycles. The summed E-state index contributed by atoms with van der Waals surface area (Å²) in [5.41, 5.74) is 1.75. The van der Waals surface area contributed by atoms with Crippen molar-refractivity contribution in [3.63, 3.8) is 0 Å². The van der Waals surface area contributed by atoms with E-state index >= 15 is 0 Å². The van der Waals surface area contributed by atoms with E-state index in [1.54, 1.807) is 24.3 Å². The minimum atomic E-state index is -3.23. The number of hydrogen-bond acceptors (Lipinski definition) is 6. The Kier molecular flexibility index (Phi) is 8.40. The highest BCUT2D eigenvalue weighted by atomic mass is 32.2. The Morgan fingerprint density at radius 3 is 2.38 bits per heavy atom. The van der Waals surface area contributed by atoms with E-state index in [-0.39, 0.29) is 29.4 Å². The van der Waals surface area contributed by atoms with Gasteiger partial charge in [0, 0.05) is 32.5 Å². The first-order valence-corrected chi connectivity index (χ1v) is 15.9. The van der Waals surface area contributed by atoms with Crippen molar-refractivity contribution in [1.82, 2.24) is 15.1 Å². The van der Waals surface area contributed by atoms with Gasteiger partial charge in [-0.2, -0.15) is 0 Å². The molecule has 1 N–H and O–H groups in total. The normalized spacial score (nSPS) is 22.3. The van der Waals surface area contributed by atoms with E-state index in [0.717, 1.165) is 75.8 Å². The Bertz CT molecular complexity index is 1250. The Balaban J connectivity index is 1.14. The lowest BCUT2D eigenvalue weighted by molar-refractivity contribution is -0.139. The monoisotopic (exact) mass is 553 g/mol. The fraction of sp³-hybridized carbons (Fsp3) is 0.533. The summed E-state index contributed by atoms with van der Waals surface area (Å²) in [6, 6.07) is 16.9. The molecule has 3 heterocycles. The van der Waals surface area contributed by atoms with Crippen LogP contribution in [0.25, 0.3) is 0 Å². The number of likely N-dealkylation sites (tertiary alicyclic amines) is 2. The van der Waals surface area contributed by atoms with E-state index in [1.807, 2.05) is 23.1 Å². The van der Waals surface area contributed by atoms with Gasteiger partial charge in [0.15, 0.2) is 9.84 Å². The number of piperidine rings is 1. The first kappa shape index (κ1) is 27.8. The van der Waals surface area contributed by atoms with Crippen LogP contribution in [-0.4, -0.2) is 75.2 Å². The van der Waals surface area contributed by atoms with Crippen molar-refractivity contribution in [3.05, 3.63) is 65.7 Å². The number of hydrogen-bond donors (Lipinski definition) is 1. The Hall–Kier alpha value is -2.75. The molecule has 0 unspecified atom stereocenters. The van der Waals surface area contributed by atoms with Crippen molar-refractivity contribution in [2.75, 3.05) is 39.0 Å². The first-order chi connectivity index (χ1) is 18.7. The van der Waals surface area contributed by atoms with Crippen LogP contribution in [0.4, 0.5) is 0 Å². The van der Waals surface area contributed by atoms with Crippen LogP contribution < -0.4 is 5.32 Å². The third-order valence-electron chi connectivity index (χ3n) is 8.61. The van der Waals surface area contributed by atoms with Gasteiger partial charge in [-0.1, -0.05) is 42.5 Å². The van der Waals surface area contributed by atoms with Crippen molar-refractivity contribution in [2.45, 2.75) is 62.1 Å². The maximum atomic E-state index is 13.5. The lowest BCUT2D eigenvalue weighted by atomic mass is 9.77. The zero-order chi connectivity index (χ0) is 27.5. The molecule has 3 aliphatic heterocycles. The molecule has 0 bridgehead atoms. The number of carbonyl (C=O) groups is 2. The van der Waals surface area contributed by atoms with Gasteiger partial charge in [-0.05, 0) is 74.9 Å². The Morgan fingerprint density at radius 1 is 1.05 bits per heavy atom. The van der Waals surface area contributed by atoms with Crippen LogP contribution in [0.1, 0.15) is 55.7 Å². The molecule has 3 aliphatic rings. The molecule has 5 rings (SSSR count). The third-order valence-corrected chi connectivity index (χ3v) is 9.74. The lowest BCUT2D eigenvalue weighted by Crippen LogP contribution is -2.45. The third kappa shape index (κ3) is 6.53. The van der Waals surface area contributed by atoms with Crippen LogP contribution >= 0.6 is 0 Å². The molecular weight excluding hydrogens is 514 g/mol. The van der Waals surface area contributed by atoms with Gasteiger partial charge in [0.1, 0.15) is 6.10 Å². The van der Waals surface area contributed by atoms with Gasteiger partial charge in [-0.25, -0.2) is 8.42 Å². The summed E-state index contributed by atoms with van der Waals surface area (Å²) < 4.78 is 29.1. The fourth-order valence-corrected chi connectivity index (χ4v) is 6.77. The molecule has 2 amide bonds. The van der Waals surface area contributed by atoms with Crippen LogP contribution in [0.5, 0.6) is 0 Å². The SMILES string of the molecule is CS(=O)(=O)c1ccc(CN2CCC3(CCN(CC[C@H](NC(=O)[C@@H]4CCCO4)c4ccccc4)CC3)C2=O)cc1. The van der Waals surface area contributed by atoms with Gasteiger partial charge in [0.25, 0.3) is 0 Å². The average molecular weight is 554 g/mol. The van der Waals surface area contributed by atoms with Crippen LogP contribution in [0.2, 0.25) is 0 Å². The maximum absolute atomic E-state index is 13.5. The Labute approximate surface area is 231 Å². The zero-order valence-corrected chi connectivity index (χ0v) is 23.5. The summed E-state index contributed by atoms with van der Waals surface area (Å²) in [6.45, 7) is 4.48. The van der Waals surface area contributed by atoms with Gasteiger partial charge in [0.05, 0.1) is 16.4 Å². The molecule has 2 aromatic carbocycles. The summed E-state index contributed by atoms with van der Waals surface area (Å²) in [4.78, 5) is 30.9. The standard InChI is InChI=1S/C30H39N3O5S/c1-39(36,37)25-11-9-23(10-12-25)22-33-20-16-30(29(33)35)14-18-32(19-15-30)17-13-26(24-6-3-2-4-7-24)31-28(34)27-8-5-21-38-27/h2-4,6-7,9-12,26-27H,5,8,13-22H2,1H3,(H,31,34)/t26-,27-/m0/s1. The van der Waals surface area contributed by atoms with Gasteiger partial charge < -0.3 is 19.9 Å². The summed E-state index contributed by atoms with van der Waals surface area (Å²) in [5.74, 6) is 0.196. The van der Waals surface area contributed by atoms with E-state index in [0.29, 0.717) is 18.0 Å². The molecular formula is C30H39N3O5S. The van der Waals surface area contributed by atoms with Crippen LogP contribution in [0.15, 0.2) is 59.5 Å². The maximum Gasteiger partial charge on any atom is 0.249 e. The number of amides is 2. The summed E-state index contributed by atoms with van der Waals surface area (Å²) >= 11 is 0. The molecule has 0 radical (unpaired) electrons. The van der Waals surface area contributed by atoms with Crippen LogP contribution in [0.3, 0.4) is 0 Å². The van der Waals surface area contributed by atoms with Gasteiger partial charge >= 0.3 is 0 Å². The smallest absolute Gasteiger partial charge is 0.249 e. The number of benzene rings is 2. The Morgan fingerprint density at radius 2 is 1.74 bits per heavy atom. The number of carbonyl (C=O) groups excluding carboxylic acids is 2. The largest absolute Gasteiger partial charge is 0.368 e. The van der Waals surface area contributed by atoms with Crippen LogP contribution in [0, 0.1) is 5.41 Å². The minimum Gasteiger partial charge on any atom is -0.368 e. The summed E-state index contributed by atoms with van der Waals surface area (Å²) in [5, 5.41) is 3.23. The van der Waals surface area contributed by atoms with Crippen molar-refractivity contribution < 1.29 is 22.7 Å². The number of nitrogens with one attached hydrogen (secondary N) is 1. The molecule has 3 fully saturated rings. The molecule has 3 saturated heterocycles. The predicted molar refractivity (Wildman–Crippen MR) is 149 cm³/mol. The number of rotatable bonds is 9. The summed E-state index contributed by atoms with van der Waals surface area (Å²) in [7, 11) is -3.23. The lowest BCUT2D eigenvalue weighted by Gasteiger charge is -2.38. The highest BCUT2D eigenvalue weighted by Gasteiger charge is 2.47. The molecule has 0 saturated carbocycles. The van der Waals surface area contributed by atoms with Crippen LogP contribution in [-0.2, 0) is 30.7 Å². The zero-order valence-electron chi connectivity index (χ0n) is 22.7. The average Bonchev–Trinajstić information content (AvgIpc) is 3.58. The van der Waals surface area contributed by atoms with Crippen molar-refractivity contribution >= 4 is 21.7 Å². The highest BCUT2D eigenvalue weighted by molar-refractivity contribution is 7.90.